The molecule has 1 unspecified atom stereocenters. The Morgan fingerprint density at radius 1 is 0.841 bits per heavy atom. The van der Waals surface area contributed by atoms with Crippen LogP contribution < -0.4 is 0 Å². The molecule has 1 aromatic heterocycles. The van der Waals surface area contributed by atoms with Gasteiger partial charge in [-0.05, 0) is 56.2 Å². The predicted molar refractivity (Wildman–Crippen MR) is 177 cm³/mol. The van der Waals surface area contributed by atoms with Gasteiger partial charge in [-0.2, -0.15) is 0 Å². The van der Waals surface area contributed by atoms with Gasteiger partial charge in [-0.3, -0.25) is 14.2 Å². The summed E-state index contributed by atoms with van der Waals surface area (Å²) in [6.07, 6.45) is 1.19. The van der Waals surface area contributed by atoms with Crippen molar-refractivity contribution in [1.29, 1.82) is 0 Å². The summed E-state index contributed by atoms with van der Waals surface area (Å²) in [6, 6.07) is 30.5. The van der Waals surface area contributed by atoms with E-state index in [2.05, 4.69) is 77.1 Å². The van der Waals surface area contributed by atoms with Crippen LogP contribution in [0.3, 0.4) is 0 Å². The number of aromatic nitrogens is 3. The molecular weight excluding hydrogens is 566 g/mol. The molecule has 6 rings (SSSR count). The zero-order chi connectivity index (χ0) is 30.6. The second-order valence-corrected chi connectivity index (χ2v) is 12.6. The lowest BCUT2D eigenvalue weighted by molar-refractivity contribution is -0.133. The zero-order valence-corrected chi connectivity index (χ0v) is 26.3. The summed E-state index contributed by atoms with van der Waals surface area (Å²) in [5.74, 6) is 1.71. The molecule has 1 atom stereocenters. The van der Waals surface area contributed by atoms with Crippen LogP contribution in [0.25, 0.3) is 27.8 Å². The van der Waals surface area contributed by atoms with Gasteiger partial charge in [-0.15, -0.1) is 10.2 Å². The molecule has 2 heterocycles. The van der Waals surface area contributed by atoms with Crippen LogP contribution in [-0.4, -0.2) is 67.8 Å². The minimum Gasteiger partial charge on any atom is -0.339 e. The summed E-state index contributed by atoms with van der Waals surface area (Å²) in [5.41, 5.74) is 5.13. The lowest BCUT2D eigenvalue weighted by Gasteiger charge is -2.40. The third-order valence-corrected chi connectivity index (χ3v) is 9.28. The zero-order valence-electron chi connectivity index (χ0n) is 25.4. The largest absolute Gasteiger partial charge is 0.339 e. The fourth-order valence-corrected chi connectivity index (χ4v) is 6.67. The van der Waals surface area contributed by atoms with E-state index < -0.39 is 0 Å². The predicted octanol–water partition coefficient (Wildman–Crippen LogP) is 6.95. The van der Waals surface area contributed by atoms with Crippen molar-refractivity contribution in [3.8, 4) is 17.1 Å². The van der Waals surface area contributed by atoms with E-state index in [1.165, 1.54) is 11.1 Å². The van der Waals surface area contributed by atoms with Gasteiger partial charge in [0, 0.05) is 54.7 Å². The van der Waals surface area contributed by atoms with E-state index in [9.17, 15) is 9.59 Å². The number of thioether (sulfide) groups is 1. The standard InChI is InChI=1S/C36H37N5O2S/c1-25-13-17-29(18-14-25)34-37-38-36(41(34)30-19-15-26(2)16-20-30)44-23-7-12-33(42)39-21-22-40(27(3)24-39)35(43)32-11-6-9-28-8-4-5-10-31(28)32/h4-6,8-11,13-20,27H,7,12,21-24H2,1-3H3. The van der Waals surface area contributed by atoms with Gasteiger partial charge in [-0.25, -0.2) is 0 Å². The molecule has 7 nitrogen and oxygen atoms in total. The average molecular weight is 604 g/mol. The highest BCUT2D eigenvalue weighted by atomic mass is 32.2. The number of hydrogen-bond donors (Lipinski definition) is 0. The van der Waals surface area contributed by atoms with Crippen LogP contribution in [0.15, 0.2) is 96.2 Å². The molecule has 1 aliphatic rings. The van der Waals surface area contributed by atoms with Gasteiger partial charge in [-0.1, -0.05) is 95.7 Å². The monoisotopic (exact) mass is 603 g/mol. The van der Waals surface area contributed by atoms with E-state index in [-0.39, 0.29) is 17.9 Å². The number of fused-ring (bicyclic) bond motifs is 1. The first-order chi connectivity index (χ1) is 21.4. The van der Waals surface area contributed by atoms with Crippen molar-refractivity contribution in [2.75, 3.05) is 25.4 Å². The number of carbonyl (C=O) groups is 2. The molecule has 44 heavy (non-hydrogen) atoms. The number of rotatable bonds is 8. The quantitative estimate of drug-likeness (QED) is 0.142. The molecule has 0 aliphatic carbocycles. The average Bonchev–Trinajstić information content (AvgIpc) is 3.46. The maximum atomic E-state index is 13.5. The fourth-order valence-electron chi connectivity index (χ4n) is 5.78. The highest BCUT2D eigenvalue weighted by molar-refractivity contribution is 7.99. The van der Waals surface area contributed by atoms with Crippen LogP contribution in [0.1, 0.15) is 41.3 Å². The van der Waals surface area contributed by atoms with Gasteiger partial charge < -0.3 is 9.80 Å². The van der Waals surface area contributed by atoms with Crippen molar-refractivity contribution >= 4 is 34.3 Å². The van der Waals surface area contributed by atoms with E-state index in [1.54, 1.807) is 11.8 Å². The SMILES string of the molecule is Cc1ccc(-c2nnc(SCCCC(=O)N3CCN(C(=O)c4cccc5ccccc45)C(C)C3)n2-c2ccc(C)cc2)cc1. The van der Waals surface area contributed by atoms with E-state index >= 15 is 0 Å². The summed E-state index contributed by atoms with van der Waals surface area (Å²) >= 11 is 1.62. The Hall–Kier alpha value is -4.43. The highest BCUT2D eigenvalue weighted by Crippen LogP contribution is 2.29. The van der Waals surface area contributed by atoms with Crippen LogP contribution in [0, 0.1) is 13.8 Å². The number of amides is 2. The van der Waals surface area contributed by atoms with Crippen LogP contribution in [0.4, 0.5) is 0 Å². The number of nitrogens with zero attached hydrogens (tertiary/aromatic N) is 5. The molecule has 0 N–H and O–H groups in total. The van der Waals surface area contributed by atoms with Crippen LogP contribution in [0.5, 0.6) is 0 Å². The number of aryl methyl sites for hydroxylation is 2. The number of piperazine rings is 1. The molecule has 0 radical (unpaired) electrons. The minimum atomic E-state index is -0.0539. The second kappa shape index (κ2) is 13.1. The molecule has 1 fully saturated rings. The fraction of sp³-hybridized carbons (Fsp3) is 0.278. The first-order valence-corrected chi connectivity index (χ1v) is 16.2. The Labute approximate surface area is 262 Å². The van der Waals surface area contributed by atoms with Crippen molar-refractivity contribution < 1.29 is 9.59 Å². The van der Waals surface area contributed by atoms with E-state index in [0.29, 0.717) is 26.1 Å². The van der Waals surface area contributed by atoms with Crippen LogP contribution in [0.2, 0.25) is 0 Å². The van der Waals surface area contributed by atoms with Crippen molar-refractivity contribution in [1.82, 2.24) is 24.6 Å². The molecule has 8 heteroatoms. The van der Waals surface area contributed by atoms with E-state index in [1.807, 2.05) is 59.2 Å². The molecule has 1 aliphatic heterocycles. The summed E-state index contributed by atoms with van der Waals surface area (Å²) < 4.78 is 2.10. The van der Waals surface area contributed by atoms with Gasteiger partial charge >= 0.3 is 0 Å². The van der Waals surface area contributed by atoms with E-state index in [4.69, 9.17) is 0 Å². The Bertz CT molecular complexity index is 1780. The summed E-state index contributed by atoms with van der Waals surface area (Å²) in [5, 5.41) is 11.9. The van der Waals surface area contributed by atoms with Gasteiger partial charge in [0.25, 0.3) is 5.91 Å². The molecule has 4 aromatic carbocycles. The van der Waals surface area contributed by atoms with Crippen LogP contribution >= 0.6 is 11.8 Å². The maximum absolute atomic E-state index is 13.5. The smallest absolute Gasteiger partial charge is 0.254 e. The third kappa shape index (κ3) is 6.26. The molecule has 0 bridgehead atoms. The molecule has 0 spiro atoms. The lowest BCUT2D eigenvalue weighted by Crippen LogP contribution is -2.55. The summed E-state index contributed by atoms with van der Waals surface area (Å²) in [6.45, 7) is 7.81. The van der Waals surface area contributed by atoms with Crippen molar-refractivity contribution in [3.63, 3.8) is 0 Å². The third-order valence-electron chi connectivity index (χ3n) is 8.26. The highest BCUT2D eigenvalue weighted by Gasteiger charge is 2.30. The molecule has 0 saturated carbocycles. The van der Waals surface area contributed by atoms with Gasteiger partial charge in [0.05, 0.1) is 0 Å². The van der Waals surface area contributed by atoms with Crippen molar-refractivity contribution in [3.05, 3.63) is 108 Å². The Morgan fingerprint density at radius 3 is 2.30 bits per heavy atom. The second-order valence-electron chi connectivity index (χ2n) is 11.5. The first-order valence-electron chi connectivity index (χ1n) is 15.2. The molecular formula is C36H37N5O2S. The van der Waals surface area contributed by atoms with E-state index in [0.717, 1.165) is 50.7 Å². The Morgan fingerprint density at radius 2 is 1.55 bits per heavy atom. The molecule has 5 aromatic rings. The topological polar surface area (TPSA) is 71.3 Å². The summed E-state index contributed by atoms with van der Waals surface area (Å²) in [4.78, 5) is 30.5. The first kappa shape index (κ1) is 29.6. The number of hydrogen-bond acceptors (Lipinski definition) is 5. The van der Waals surface area contributed by atoms with Crippen molar-refractivity contribution in [2.24, 2.45) is 0 Å². The Kier molecular flexibility index (Phi) is 8.79. The van der Waals surface area contributed by atoms with Gasteiger partial charge in [0.2, 0.25) is 5.91 Å². The van der Waals surface area contributed by atoms with Gasteiger partial charge in [0.1, 0.15) is 0 Å². The number of carbonyl (C=O) groups excluding carboxylic acids is 2. The Balaban J connectivity index is 1.06. The molecule has 224 valence electrons. The normalized spacial score (nSPS) is 15.1. The lowest BCUT2D eigenvalue weighted by atomic mass is 10.0. The molecule has 2 amide bonds. The van der Waals surface area contributed by atoms with Crippen molar-refractivity contribution in [2.45, 2.75) is 44.8 Å². The number of benzene rings is 4. The minimum absolute atomic E-state index is 0.0282. The van der Waals surface area contributed by atoms with Gasteiger partial charge in [0.15, 0.2) is 11.0 Å². The van der Waals surface area contributed by atoms with Crippen LogP contribution in [-0.2, 0) is 4.79 Å². The summed E-state index contributed by atoms with van der Waals surface area (Å²) in [7, 11) is 0. The maximum Gasteiger partial charge on any atom is 0.254 e. The molecule has 1 saturated heterocycles.